The quantitative estimate of drug-likeness (QED) is 0.849. The zero-order valence-electron chi connectivity index (χ0n) is 11.9. The molecule has 0 radical (unpaired) electrons. The fraction of sp³-hybridized carbons (Fsp3) is 0.353. The molecule has 1 atom stereocenters. The van der Waals surface area contributed by atoms with Gasteiger partial charge in [-0.15, -0.1) is 0 Å². The molecule has 1 saturated heterocycles. The molecule has 0 saturated carbocycles. The summed E-state index contributed by atoms with van der Waals surface area (Å²) in [6, 6.07) is 16.2. The monoisotopic (exact) mass is 284 g/mol. The minimum absolute atomic E-state index is 0.0245. The van der Waals surface area contributed by atoms with Crippen molar-refractivity contribution < 1.29 is 9.84 Å². The first-order chi connectivity index (χ1) is 10.3. The number of aromatic nitrogens is 1. The van der Waals surface area contributed by atoms with Gasteiger partial charge in [0.05, 0.1) is 37.0 Å². The van der Waals surface area contributed by atoms with Crippen LogP contribution >= 0.6 is 0 Å². The van der Waals surface area contributed by atoms with Crippen LogP contribution in [-0.2, 0) is 4.74 Å². The molecule has 0 aliphatic carbocycles. The lowest BCUT2D eigenvalue weighted by molar-refractivity contribution is -0.134. The molecule has 0 amide bonds. The summed E-state index contributed by atoms with van der Waals surface area (Å²) in [5, 5.41) is 13.1. The van der Waals surface area contributed by atoms with Crippen LogP contribution in [0.1, 0.15) is 17.3 Å². The van der Waals surface area contributed by atoms with E-state index in [1.807, 2.05) is 36.4 Å². The molecule has 1 aromatic carbocycles. The Balaban J connectivity index is 1.80. The molecule has 1 aliphatic rings. The number of hydrogen-bond donors (Lipinski definition) is 2. The summed E-state index contributed by atoms with van der Waals surface area (Å²) in [7, 11) is 0. The van der Waals surface area contributed by atoms with E-state index in [2.05, 4.69) is 22.4 Å². The Morgan fingerprint density at radius 1 is 1.14 bits per heavy atom. The van der Waals surface area contributed by atoms with Crippen molar-refractivity contribution in [3.05, 3.63) is 66.0 Å². The summed E-state index contributed by atoms with van der Waals surface area (Å²) >= 11 is 0. The Morgan fingerprint density at radius 3 is 2.48 bits per heavy atom. The van der Waals surface area contributed by atoms with Crippen LogP contribution in [0.4, 0.5) is 0 Å². The highest BCUT2D eigenvalue weighted by molar-refractivity contribution is 5.27. The molecule has 4 nitrogen and oxygen atoms in total. The Hall–Kier alpha value is -1.75. The smallest absolute Gasteiger partial charge is 0.0751 e. The molecule has 21 heavy (non-hydrogen) atoms. The third kappa shape index (κ3) is 3.13. The Bertz CT molecular complexity index is 511. The van der Waals surface area contributed by atoms with E-state index < -0.39 is 0 Å². The highest BCUT2D eigenvalue weighted by Gasteiger charge is 2.38. The number of ether oxygens (including phenoxy) is 1. The van der Waals surface area contributed by atoms with E-state index in [4.69, 9.17) is 4.74 Å². The second-order valence-corrected chi connectivity index (χ2v) is 5.63. The van der Waals surface area contributed by atoms with Crippen molar-refractivity contribution in [3.8, 4) is 0 Å². The molecule has 0 bridgehead atoms. The first-order valence-corrected chi connectivity index (χ1v) is 7.21. The summed E-state index contributed by atoms with van der Waals surface area (Å²) in [5.74, 6) is 0. The van der Waals surface area contributed by atoms with Crippen LogP contribution in [0.2, 0.25) is 0 Å². The maximum atomic E-state index is 9.55. The molecular formula is C17H20N2O2. The Morgan fingerprint density at radius 2 is 1.90 bits per heavy atom. The zero-order valence-corrected chi connectivity index (χ0v) is 11.9. The second-order valence-electron chi connectivity index (χ2n) is 5.63. The number of nitrogens with one attached hydrogen (secondary N) is 1. The van der Waals surface area contributed by atoms with E-state index >= 15 is 0 Å². The van der Waals surface area contributed by atoms with Crippen LogP contribution in [0.5, 0.6) is 0 Å². The molecular weight excluding hydrogens is 264 g/mol. The topological polar surface area (TPSA) is 54.4 Å². The van der Waals surface area contributed by atoms with E-state index in [9.17, 15) is 5.11 Å². The van der Waals surface area contributed by atoms with E-state index in [0.717, 1.165) is 5.69 Å². The summed E-state index contributed by atoms with van der Waals surface area (Å²) in [6.45, 7) is 2.07. The van der Waals surface area contributed by atoms with E-state index in [0.29, 0.717) is 19.8 Å². The number of aliphatic hydroxyl groups excluding tert-OH is 1. The normalized spacial score (nSPS) is 18.0. The summed E-state index contributed by atoms with van der Waals surface area (Å²) < 4.78 is 5.26. The number of aliphatic hydroxyl groups is 1. The lowest BCUT2D eigenvalue weighted by Gasteiger charge is -2.41. The third-order valence-electron chi connectivity index (χ3n) is 3.95. The van der Waals surface area contributed by atoms with Gasteiger partial charge < -0.3 is 15.2 Å². The van der Waals surface area contributed by atoms with Crippen molar-refractivity contribution >= 4 is 0 Å². The minimum atomic E-state index is -0.151. The van der Waals surface area contributed by atoms with Crippen LogP contribution in [0.25, 0.3) is 0 Å². The highest BCUT2D eigenvalue weighted by Crippen LogP contribution is 2.28. The molecule has 0 spiro atoms. The van der Waals surface area contributed by atoms with Gasteiger partial charge in [0.25, 0.3) is 0 Å². The molecule has 1 aromatic heterocycles. The predicted molar refractivity (Wildman–Crippen MR) is 80.9 cm³/mol. The maximum Gasteiger partial charge on any atom is 0.0751 e. The van der Waals surface area contributed by atoms with Crippen molar-refractivity contribution in [1.29, 1.82) is 0 Å². The number of nitrogens with zero attached hydrogens (tertiary/aromatic N) is 1. The van der Waals surface area contributed by atoms with Crippen molar-refractivity contribution in [2.24, 2.45) is 5.41 Å². The zero-order chi connectivity index (χ0) is 14.5. The Kier molecular flexibility index (Phi) is 4.29. The standard InChI is InChI=1S/C17H20N2O2/c20-11-17(12-21-13-17)10-19-16(14-6-2-1-3-7-14)15-8-4-5-9-18-15/h1-9,16,19-20H,10-13H2. The SMILES string of the molecule is OCC1(CNC(c2ccccc2)c2ccccn2)COC1. The number of rotatable bonds is 6. The lowest BCUT2D eigenvalue weighted by atomic mass is 9.86. The fourth-order valence-corrected chi connectivity index (χ4v) is 2.54. The summed E-state index contributed by atoms with van der Waals surface area (Å²) in [6.07, 6.45) is 1.81. The van der Waals surface area contributed by atoms with Gasteiger partial charge in [0.15, 0.2) is 0 Å². The molecule has 110 valence electrons. The van der Waals surface area contributed by atoms with Crippen LogP contribution < -0.4 is 5.32 Å². The van der Waals surface area contributed by atoms with E-state index in [-0.39, 0.29) is 18.1 Å². The van der Waals surface area contributed by atoms with Crippen LogP contribution in [0.15, 0.2) is 54.7 Å². The summed E-state index contributed by atoms with van der Waals surface area (Å²) in [5.41, 5.74) is 2.00. The van der Waals surface area contributed by atoms with Gasteiger partial charge in [-0.25, -0.2) is 0 Å². The van der Waals surface area contributed by atoms with E-state index in [1.165, 1.54) is 5.56 Å². The second kappa shape index (κ2) is 6.35. The third-order valence-corrected chi connectivity index (χ3v) is 3.95. The summed E-state index contributed by atoms with van der Waals surface area (Å²) in [4.78, 5) is 4.47. The number of benzene rings is 1. The molecule has 2 heterocycles. The molecule has 3 rings (SSSR count). The van der Waals surface area contributed by atoms with Gasteiger partial charge in [-0.1, -0.05) is 36.4 Å². The van der Waals surface area contributed by atoms with Crippen LogP contribution in [-0.4, -0.2) is 36.5 Å². The molecule has 1 fully saturated rings. The molecule has 2 aromatic rings. The predicted octanol–water partition coefficient (Wildman–Crippen LogP) is 1.77. The average molecular weight is 284 g/mol. The maximum absolute atomic E-state index is 9.55. The minimum Gasteiger partial charge on any atom is -0.396 e. The van der Waals surface area contributed by atoms with Crippen molar-refractivity contribution in [3.63, 3.8) is 0 Å². The fourth-order valence-electron chi connectivity index (χ4n) is 2.54. The number of hydrogen-bond acceptors (Lipinski definition) is 4. The molecule has 4 heteroatoms. The number of pyridine rings is 1. The first-order valence-electron chi connectivity index (χ1n) is 7.21. The highest BCUT2D eigenvalue weighted by atomic mass is 16.5. The molecule has 1 aliphatic heterocycles. The van der Waals surface area contributed by atoms with Gasteiger partial charge in [-0.2, -0.15) is 0 Å². The van der Waals surface area contributed by atoms with Crippen LogP contribution in [0.3, 0.4) is 0 Å². The van der Waals surface area contributed by atoms with Crippen molar-refractivity contribution in [2.45, 2.75) is 6.04 Å². The van der Waals surface area contributed by atoms with Gasteiger partial charge in [-0.05, 0) is 17.7 Å². The van der Waals surface area contributed by atoms with E-state index in [1.54, 1.807) is 6.20 Å². The van der Waals surface area contributed by atoms with Gasteiger partial charge >= 0.3 is 0 Å². The Labute approximate surface area is 124 Å². The largest absolute Gasteiger partial charge is 0.396 e. The molecule has 1 unspecified atom stereocenters. The van der Waals surface area contributed by atoms with Crippen molar-refractivity contribution in [1.82, 2.24) is 10.3 Å². The lowest BCUT2D eigenvalue weighted by Crippen LogP contribution is -2.52. The van der Waals surface area contributed by atoms with Crippen molar-refractivity contribution in [2.75, 3.05) is 26.4 Å². The first kappa shape index (κ1) is 14.2. The van der Waals surface area contributed by atoms with Crippen LogP contribution in [0, 0.1) is 5.41 Å². The molecule has 2 N–H and O–H groups in total. The van der Waals surface area contributed by atoms with Gasteiger partial charge in [0.2, 0.25) is 0 Å². The average Bonchev–Trinajstić information content (AvgIpc) is 2.52. The van der Waals surface area contributed by atoms with Gasteiger partial charge in [0.1, 0.15) is 0 Å². The van der Waals surface area contributed by atoms with Gasteiger partial charge in [-0.3, -0.25) is 4.98 Å². The van der Waals surface area contributed by atoms with Gasteiger partial charge in [0, 0.05) is 12.7 Å².